The Balaban J connectivity index is 1.92. The van der Waals surface area contributed by atoms with Crippen LogP contribution in [0, 0.1) is 23.2 Å². The quantitative estimate of drug-likeness (QED) is 0.836. The lowest BCUT2D eigenvalue weighted by Gasteiger charge is -2.13. The highest BCUT2D eigenvalue weighted by molar-refractivity contribution is 5.41. The van der Waals surface area contributed by atoms with Crippen molar-refractivity contribution in [2.75, 3.05) is 13.7 Å². The Labute approximate surface area is 109 Å². The van der Waals surface area contributed by atoms with Crippen molar-refractivity contribution in [1.82, 2.24) is 5.32 Å². The number of benzene rings is 1. The highest BCUT2D eigenvalue weighted by Crippen LogP contribution is 2.36. The molecule has 18 heavy (non-hydrogen) atoms. The molecule has 3 heteroatoms. The minimum atomic E-state index is 0.683. The average Bonchev–Trinajstić information content (AvgIpc) is 3.22. The van der Waals surface area contributed by atoms with Gasteiger partial charge in [-0.2, -0.15) is 5.26 Å². The number of hydrogen-bond donors (Lipinski definition) is 1. The van der Waals surface area contributed by atoms with Crippen molar-refractivity contribution in [3.8, 4) is 11.8 Å². The van der Waals surface area contributed by atoms with Gasteiger partial charge in [-0.25, -0.2) is 0 Å². The normalized spacial score (nSPS) is 16.1. The van der Waals surface area contributed by atoms with E-state index in [4.69, 9.17) is 10.00 Å². The van der Waals surface area contributed by atoms with Gasteiger partial charge in [-0.3, -0.25) is 0 Å². The molecule has 1 fully saturated rings. The molecule has 1 aromatic rings. The van der Waals surface area contributed by atoms with Crippen LogP contribution >= 0.6 is 0 Å². The zero-order valence-corrected chi connectivity index (χ0v) is 11.1. The van der Waals surface area contributed by atoms with Crippen LogP contribution in [0.3, 0.4) is 0 Å². The van der Waals surface area contributed by atoms with E-state index in [1.807, 2.05) is 12.1 Å². The zero-order chi connectivity index (χ0) is 13.0. The molecule has 96 valence electrons. The molecule has 0 radical (unpaired) electrons. The van der Waals surface area contributed by atoms with Crippen molar-refractivity contribution in [1.29, 1.82) is 5.26 Å². The molecule has 1 N–H and O–H groups in total. The number of nitriles is 1. The van der Waals surface area contributed by atoms with E-state index in [1.54, 1.807) is 13.2 Å². The Morgan fingerprint density at radius 3 is 2.89 bits per heavy atom. The van der Waals surface area contributed by atoms with E-state index in [-0.39, 0.29) is 0 Å². The maximum absolute atomic E-state index is 8.91. The summed E-state index contributed by atoms with van der Waals surface area (Å²) >= 11 is 0. The largest absolute Gasteiger partial charge is 0.496 e. The number of hydrogen-bond acceptors (Lipinski definition) is 3. The van der Waals surface area contributed by atoms with Crippen molar-refractivity contribution in [3.63, 3.8) is 0 Å². The maximum Gasteiger partial charge on any atom is 0.123 e. The smallest absolute Gasteiger partial charge is 0.123 e. The van der Waals surface area contributed by atoms with Crippen LogP contribution in [-0.2, 0) is 6.54 Å². The second-order valence-electron chi connectivity index (χ2n) is 5.08. The van der Waals surface area contributed by atoms with E-state index in [9.17, 15) is 0 Å². The summed E-state index contributed by atoms with van der Waals surface area (Å²) in [5, 5.41) is 12.4. The highest BCUT2D eigenvalue weighted by Gasteiger charge is 2.27. The van der Waals surface area contributed by atoms with Crippen molar-refractivity contribution in [2.45, 2.75) is 26.3 Å². The highest BCUT2D eigenvalue weighted by atomic mass is 16.5. The molecule has 1 saturated carbocycles. The summed E-state index contributed by atoms with van der Waals surface area (Å²) in [6, 6.07) is 7.71. The predicted octanol–water partition coefficient (Wildman–Crippen LogP) is 2.70. The molecule has 0 amide bonds. The zero-order valence-electron chi connectivity index (χ0n) is 11.1. The van der Waals surface area contributed by atoms with E-state index in [0.29, 0.717) is 5.56 Å². The van der Waals surface area contributed by atoms with Crippen LogP contribution < -0.4 is 10.1 Å². The minimum Gasteiger partial charge on any atom is -0.496 e. The fourth-order valence-electron chi connectivity index (χ4n) is 2.25. The van der Waals surface area contributed by atoms with Gasteiger partial charge in [0.05, 0.1) is 18.7 Å². The van der Waals surface area contributed by atoms with Crippen molar-refractivity contribution in [2.24, 2.45) is 11.8 Å². The molecule has 0 aromatic heterocycles. The van der Waals surface area contributed by atoms with Gasteiger partial charge in [0.2, 0.25) is 0 Å². The lowest BCUT2D eigenvalue weighted by Crippen LogP contribution is -2.22. The third-order valence-electron chi connectivity index (χ3n) is 3.62. The summed E-state index contributed by atoms with van der Waals surface area (Å²) in [6.07, 6.45) is 2.77. The van der Waals surface area contributed by atoms with E-state index in [0.717, 1.165) is 36.2 Å². The molecule has 0 saturated heterocycles. The lowest BCUT2D eigenvalue weighted by atomic mass is 10.1. The predicted molar refractivity (Wildman–Crippen MR) is 71.3 cm³/mol. The SMILES string of the molecule is COc1ccc(C#N)cc1CNCC(C)C1CC1. The standard InChI is InChI=1S/C15H20N2O/c1-11(13-4-5-13)9-17-10-14-7-12(8-16)3-6-15(14)18-2/h3,6-7,11,13,17H,4-5,9-10H2,1-2H3. The summed E-state index contributed by atoms with van der Waals surface area (Å²) in [6.45, 7) is 4.09. The monoisotopic (exact) mass is 244 g/mol. The van der Waals surface area contributed by atoms with Gasteiger partial charge in [0.25, 0.3) is 0 Å². The Morgan fingerprint density at radius 2 is 2.28 bits per heavy atom. The first-order valence-corrected chi connectivity index (χ1v) is 6.52. The Hall–Kier alpha value is -1.53. The van der Waals surface area contributed by atoms with Gasteiger partial charge >= 0.3 is 0 Å². The molecule has 1 aliphatic rings. The molecule has 1 atom stereocenters. The number of nitrogens with zero attached hydrogens (tertiary/aromatic N) is 1. The molecule has 0 aliphatic heterocycles. The van der Waals surface area contributed by atoms with Gasteiger partial charge in [-0.05, 0) is 49.4 Å². The molecule has 0 spiro atoms. The molecule has 1 aromatic carbocycles. The first kappa shape index (κ1) is 12.9. The van der Waals surface area contributed by atoms with E-state index >= 15 is 0 Å². The first-order chi connectivity index (χ1) is 8.74. The number of ether oxygens (including phenoxy) is 1. The van der Waals surface area contributed by atoms with Crippen LogP contribution in [0.2, 0.25) is 0 Å². The van der Waals surface area contributed by atoms with Crippen LogP contribution in [0.4, 0.5) is 0 Å². The van der Waals surface area contributed by atoms with Crippen LogP contribution in [0.1, 0.15) is 30.9 Å². The van der Waals surface area contributed by atoms with E-state index in [1.165, 1.54) is 12.8 Å². The van der Waals surface area contributed by atoms with Crippen LogP contribution in [0.5, 0.6) is 5.75 Å². The van der Waals surface area contributed by atoms with Gasteiger partial charge in [-0.1, -0.05) is 6.92 Å². The molecular weight excluding hydrogens is 224 g/mol. The Morgan fingerprint density at radius 1 is 1.50 bits per heavy atom. The third-order valence-corrected chi connectivity index (χ3v) is 3.62. The fourth-order valence-corrected chi connectivity index (χ4v) is 2.25. The number of nitrogens with one attached hydrogen (secondary N) is 1. The molecule has 1 aliphatic carbocycles. The van der Waals surface area contributed by atoms with Gasteiger partial charge < -0.3 is 10.1 Å². The van der Waals surface area contributed by atoms with Gasteiger partial charge in [0.15, 0.2) is 0 Å². The summed E-state index contributed by atoms with van der Waals surface area (Å²) in [5.74, 6) is 2.51. The van der Waals surface area contributed by atoms with Crippen molar-refractivity contribution < 1.29 is 4.74 Å². The molecule has 2 rings (SSSR count). The maximum atomic E-state index is 8.91. The molecule has 3 nitrogen and oxygen atoms in total. The first-order valence-electron chi connectivity index (χ1n) is 6.52. The van der Waals surface area contributed by atoms with Crippen molar-refractivity contribution in [3.05, 3.63) is 29.3 Å². The summed E-state index contributed by atoms with van der Waals surface area (Å²) in [7, 11) is 1.66. The van der Waals surface area contributed by atoms with E-state index < -0.39 is 0 Å². The second kappa shape index (κ2) is 5.88. The number of rotatable bonds is 6. The Bertz CT molecular complexity index is 446. The summed E-state index contributed by atoms with van der Waals surface area (Å²) < 4.78 is 5.31. The van der Waals surface area contributed by atoms with Crippen LogP contribution in [0.25, 0.3) is 0 Å². The third kappa shape index (κ3) is 3.24. The van der Waals surface area contributed by atoms with Crippen LogP contribution in [0.15, 0.2) is 18.2 Å². The number of methoxy groups -OCH3 is 1. The van der Waals surface area contributed by atoms with Crippen molar-refractivity contribution >= 4 is 0 Å². The van der Waals surface area contributed by atoms with Gasteiger partial charge in [-0.15, -0.1) is 0 Å². The summed E-state index contributed by atoms with van der Waals surface area (Å²) in [5.41, 5.74) is 1.74. The van der Waals surface area contributed by atoms with Gasteiger partial charge in [0.1, 0.15) is 5.75 Å². The Kier molecular flexibility index (Phi) is 4.22. The molecule has 0 bridgehead atoms. The van der Waals surface area contributed by atoms with Crippen LogP contribution in [-0.4, -0.2) is 13.7 Å². The van der Waals surface area contributed by atoms with E-state index in [2.05, 4.69) is 18.3 Å². The lowest BCUT2D eigenvalue weighted by molar-refractivity contribution is 0.404. The minimum absolute atomic E-state index is 0.683. The average molecular weight is 244 g/mol. The molecule has 0 heterocycles. The molecule has 1 unspecified atom stereocenters. The fraction of sp³-hybridized carbons (Fsp3) is 0.533. The summed E-state index contributed by atoms with van der Waals surface area (Å²) in [4.78, 5) is 0. The second-order valence-corrected chi connectivity index (χ2v) is 5.08. The van der Waals surface area contributed by atoms with Gasteiger partial charge in [0, 0.05) is 12.1 Å². The molecular formula is C15H20N2O. The topological polar surface area (TPSA) is 45.0 Å².